The van der Waals surface area contributed by atoms with E-state index >= 15 is 0 Å². The van der Waals surface area contributed by atoms with E-state index in [9.17, 15) is 4.79 Å². The van der Waals surface area contributed by atoms with E-state index in [-0.39, 0.29) is 77.2 Å². The molecule has 0 bridgehead atoms. The van der Waals surface area contributed by atoms with Crippen molar-refractivity contribution in [2.24, 2.45) is 0 Å². The molecule has 1 atom stereocenters. The first-order valence-electron chi connectivity index (χ1n) is 1.70. The second-order valence-electron chi connectivity index (χ2n) is 1.04. The normalized spacial score (nSPS) is 10.4. The molecule has 6 heteroatoms. The fraction of sp³-hybridized carbons (Fsp3) is 0.667. The number of rotatable bonds is 2. The Kier molecular flexibility index (Phi) is 18.7. The van der Waals surface area contributed by atoms with E-state index in [0.717, 1.165) is 0 Å². The Bertz CT molecular complexity index is 82.9. The first-order valence-corrected chi connectivity index (χ1v) is 1.70. The zero-order chi connectivity index (χ0) is 5.86. The molecule has 0 saturated heterocycles. The SMILES string of the molecule is O=C(O)C(O)CO.[H-].[K+].[SbH3]. The predicted octanol–water partition coefficient (Wildman–Crippen LogP) is -5.64. The molecule has 0 spiro atoms. The number of hydrogen-bond acceptors (Lipinski definition) is 3. The van der Waals surface area contributed by atoms with Gasteiger partial charge in [-0.2, -0.15) is 0 Å². The number of aliphatic carboxylic acids is 1. The van der Waals surface area contributed by atoms with Crippen molar-refractivity contribution in [3.05, 3.63) is 0 Å². The van der Waals surface area contributed by atoms with Crippen LogP contribution >= 0.6 is 0 Å². The molecular weight excluding hydrogens is 261 g/mol. The summed E-state index contributed by atoms with van der Waals surface area (Å²) in [4.78, 5) is 9.52. The van der Waals surface area contributed by atoms with Crippen molar-refractivity contribution in [3.8, 4) is 0 Å². The van der Waals surface area contributed by atoms with E-state index in [4.69, 9.17) is 15.3 Å². The van der Waals surface area contributed by atoms with E-state index in [0.29, 0.717) is 0 Å². The van der Waals surface area contributed by atoms with Gasteiger partial charge in [0.15, 0.2) is 6.10 Å². The standard InChI is InChI=1S/C3H6O4.K.Sb.4H/c4-1-2(5)3(6)7;;;;;;/h2,4-5H,1H2,(H,6,7);;;;;;/q;+1;;;;;-1. The van der Waals surface area contributed by atoms with Crippen LogP contribution in [-0.2, 0) is 4.79 Å². The van der Waals surface area contributed by atoms with Crippen LogP contribution in [0.3, 0.4) is 0 Å². The van der Waals surface area contributed by atoms with Gasteiger partial charge in [0, 0.05) is 0 Å². The van der Waals surface area contributed by atoms with Gasteiger partial charge in [-0.25, -0.2) is 4.79 Å². The van der Waals surface area contributed by atoms with Gasteiger partial charge in [0.1, 0.15) is 0 Å². The zero-order valence-corrected chi connectivity index (χ0v) is 12.4. The Hall–Kier alpha value is 1.84. The average Bonchev–Trinajstić information content (AvgIpc) is 1.65. The number of aliphatic hydroxyl groups is 2. The van der Waals surface area contributed by atoms with Crippen molar-refractivity contribution in [3.63, 3.8) is 0 Å². The zero-order valence-electron chi connectivity index (χ0n) is 6.24. The summed E-state index contributed by atoms with van der Waals surface area (Å²) in [7, 11) is 0. The fourth-order valence-corrected chi connectivity index (χ4v) is 0.0781. The van der Waals surface area contributed by atoms with Crippen molar-refractivity contribution < 1.29 is 72.9 Å². The molecule has 0 heterocycles. The van der Waals surface area contributed by atoms with E-state index < -0.39 is 18.7 Å². The molecule has 1 unspecified atom stereocenters. The minimum atomic E-state index is -1.63. The summed E-state index contributed by atoms with van der Waals surface area (Å²) < 4.78 is 0. The molecule has 0 aromatic carbocycles. The third-order valence-electron chi connectivity index (χ3n) is 0.458. The van der Waals surface area contributed by atoms with Gasteiger partial charge in [0.2, 0.25) is 0 Å². The number of hydrogen-bond donors (Lipinski definition) is 3. The van der Waals surface area contributed by atoms with Crippen LogP contribution in [0.25, 0.3) is 0 Å². The number of carboxylic acids is 1. The monoisotopic (exact) mass is 270 g/mol. The Labute approximate surface area is 114 Å². The Morgan fingerprint density at radius 1 is 1.67 bits per heavy atom. The summed E-state index contributed by atoms with van der Waals surface area (Å²) in [5.41, 5.74) is 0. The van der Waals surface area contributed by atoms with E-state index in [2.05, 4.69) is 0 Å². The summed E-state index contributed by atoms with van der Waals surface area (Å²) in [6.07, 6.45) is -1.63. The summed E-state index contributed by atoms with van der Waals surface area (Å²) in [6, 6.07) is 0. The van der Waals surface area contributed by atoms with Crippen molar-refractivity contribution in [2.75, 3.05) is 6.61 Å². The molecule has 0 aliphatic heterocycles. The van der Waals surface area contributed by atoms with Gasteiger partial charge in [-0.05, 0) is 0 Å². The van der Waals surface area contributed by atoms with Crippen molar-refractivity contribution in [1.29, 1.82) is 0 Å². The van der Waals surface area contributed by atoms with Crippen LogP contribution in [0.4, 0.5) is 0 Å². The van der Waals surface area contributed by atoms with Gasteiger partial charge in [-0.1, -0.05) is 0 Å². The van der Waals surface area contributed by atoms with Crippen LogP contribution in [0.5, 0.6) is 0 Å². The van der Waals surface area contributed by atoms with E-state index in [1.165, 1.54) is 0 Å². The Balaban J connectivity index is -0.0000000600. The quantitative estimate of drug-likeness (QED) is 0.438. The van der Waals surface area contributed by atoms with Gasteiger partial charge < -0.3 is 16.7 Å². The number of aliphatic hydroxyl groups excluding tert-OH is 2. The maximum absolute atomic E-state index is 9.52. The van der Waals surface area contributed by atoms with Crippen LogP contribution in [0.15, 0.2) is 0 Å². The molecule has 0 saturated carbocycles. The number of carboxylic acid groups (broad SMARTS) is 1. The second kappa shape index (κ2) is 9.84. The molecule has 9 heavy (non-hydrogen) atoms. The molecular formula is C3H10KO4Sb. The third-order valence-corrected chi connectivity index (χ3v) is 0.458. The van der Waals surface area contributed by atoms with Gasteiger partial charge in [-0.3, -0.25) is 0 Å². The maximum atomic E-state index is 9.52. The van der Waals surface area contributed by atoms with Crippen molar-refractivity contribution in [1.82, 2.24) is 0 Å². The van der Waals surface area contributed by atoms with Gasteiger partial charge >= 0.3 is 81.8 Å². The first kappa shape index (κ1) is 17.1. The van der Waals surface area contributed by atoms with Gasteiger partial charge in [-0.15, -0.1) is 0 Å². The molecule has 0 amide bonds. The Morgan fingerprint density at radius 3 is 2.00 bits per heavy atom. The second-order valence-corrected chi connectivity index (χ2v) is 1.04. The third kappa shape index (κ3) is 9.84. The van der Waals surface area contributed by atoms with E-state index in [1.807, 2.05) is 0 Å². The number of carbonyl (C=O) groups is 1. The van der Waals surface area contributed by atoms with Crippen molar-refractivity contribution >= 4 is 30.4 Å². The van der Waals surface area contributed by atoms with Crippen LogP contribution in [0.1, 0.15) is 1.43 Å². The Morgan fingerprint density at radius 2 is 2.00 bits per heavy atom. The van der Waals surface area contributed by atoms with E-state index in [1.54, 1.807) is 0 Å². The molecule has 52 valence electrons. The molecule has 3 N–H and O–H groups in total. The molecule has 0 radical (unpaired) electrons. The molecule has 0 aliphatic rings. The van der Waals surface area contributed by atoms with Crippen LogP contribution < -0.4 is 51.4 Å². The molecule has 0 aromatic rings. The molecule has 0 fully saturated rings. The minimum absolute atomic E-state index is 0. The molecule has 4 nitrogen and oxygen atoms in total. The van der Waals surface area contributed by atoms with Crippen LogP contribution in [0, 0.1) is 0 Å². The first-order chi connectivity index (χ1) is 3.18. The van der Waals surface area contributed by atoms with Crippen molar-refractivity contribution in [2.45, 2.75) is 6.10 Å². The average molecular weight is 271 g/mol. The molecule has 0 aromatic heterocycles. The van der Waals surface area contributed by atoms with Gasteiger partial charge in [0.25, 0.3) is 0 Å². The fourth-order valence-electron chi connectivity index (χ4n) is 0.0781. The topological polar surface area (TPSA) is 77.8 Å². The summed E-state index contributed by atoms with van der Waals surface area (Å²) in [5.74, 6) is -1.40. The molecule has 0 aliphatic carbocycles. The molecule has 0 rings (SSSR count). The van der Waals surface area contributed by atoms with Crippen LogP contribution in [-0.4, -0.2) is 58.4 Å². The summed E-state index contributed by atoms with van der Waals surface area (Å²) in [6.45, 7) is -0.727. The predicted molar refractivity (Wildman–Crippen MR) is 31.8 cm³/mol. The van der Waals surface area contributed by atoms with Gasteiger partial charge in [0.05, 0.1) is 6.61 Å². The summed E-state index contributed by atoms with van der Waals surface area (Å²) >= 11 is 0. The summed E-state index contributed by atoms with van der Waals surface area (Å²) in [5, 5.41) is 23.7. The van der Waals surface area contributed by atoms with Crippen LogP contribution in [0.2, 0.25) is 0 Å².